The molecule has 25 heavy (non-hydrogen) atoms. The Morgan fingerprint density at radius 2 is 1.96 bits per heavy atom. The molecule has 0 unspecified atom stereocenters. The van der Waals surface area contributed by atoms with Crippen molar-refractivity contribution < 1.29 is 14.3 Å². The lowest BCUT2D eigenvalue weighted by Crippen LogP contribution is -1.99. The average molecular weight is 379 g/mol. The highest BCUT2D eigenvalue weighted by Gasteiger charge is 2.15. The predicted octanol–water partition coefficient (Wildman–Crippen LogP) is 3.37. The second kappa shape index (κ2) is 5.64. The quantitative estimate of drug-likeness (QED) is 0.436. The second-order valence-electron chi connectivity index (χ2n) is 5.21. The summed E-state index contributed by atoms with van der Waals surface area (Å²) in [6.07, 6.45) is 0. The molecule has 0 aliphatic rings. The highest BCUT2D eigenvalue weighted by Crippen LogP contribution is 2.33. The van der Waals surface area contributed by atoms with Crippen molar-refractivity contribution >= 4 is 51.4 Å². The van der Waals surface area contributed by atoms with Gasteiger partial charge in [0.25, 0.3) is 0 Å². The molecule has 0 amide bonds. The molecule has 0 fully saturated rings. The molecule has 0 spiro atoms. The van der Waals surface area contributed by atoms with Crippen LogP contribution < -0.4 is 5.69 Å². The van der Waals surface area contributed by atoms with Crippen LogP contribution in [0.25, 0.3) is 22.1 Å². The van der Waals surface area contributed by atoms with Crippen molar-refractivity contribution in [1.82, 2.24) is 19.9 Å². The Morgan fingerprint density at radius 3 is 2.72 bits per heavy atom. The SMILES string of the molecule is O=C(O)c1cc(Sc2nc3cc(Cl)c(F)cc3[nH]2)c2[nH]c(=O)[nH]c2c1. The molecule has 0 saturated heterocycles. The van der Waals surface area contributed by atoms with E-state index in [1.54, 1.807) is 0 Å². The minimum atomic E-state index is -1.12. The maximum absolute atomic E-state index is 13.5. The fraction of sp³-hybridized carbons (Fsp3) is 0. The molecule has 10 heteroatoms. The Balaban J connectivity index is 1.84. The van der Waals surface area contributed by atoms with E-state index < -0.39 is 17.5 Å². The molecule has 0 radical (unpaired) electrons. The second-order valence-corrected chi connectivity index (χ2v) is 6.65. The molecule has 0 aliphatic heterocycles. The molecule has 0 aliphatic carbocycles. The summed E-state index contributed by atoms with van der Waals surface area (Å²) in [5.41, 5.74) is 1.34. The first-order valence-electron chi connectivity index (χ1n) is 6.92. The fourth-order valence-electron chi connectivity index (χ4n) is 2.45. The van der Waals surface area contributed by atoms with Gasteiger partial charge in [-0.15, -0.1) is 0 Å². The molecule has 4 rings (SSSR count). The van der Waals surface area contributed by atoms with Crippen LogP contribution in [0.15, 0.2) is 39.1 Å². The van der Waals surface area contributed by atoms with E-state index in [1.807, 2.05) is 0 Å². The lowest BCUT2D eigenvalue weighted by molar-refractivity contribution is 0.0697. The van der Waals surface area contributed by atoms with Crippen LogP contribution in [0.2, 0.25) is 5.02 Å². The molecule has 2 aromatic heterocycles. The third-order valence-corrected chi connectivity index (χ3v) is 4.76. The van der Waals surface area contributed by atoms with Crippen LogP contribution in [0.4, 0.5) is 4.39 Å². The zero-order chi connectivity index (χ0) is 17.7. The van der Waals surface area contributed by atoms with E-state index in [0.29, 0.717) is 32.1 Å². The van der Waals surface area contributed by atoms with E-state index in [0.717, 1.165) is 11.8 Å². The summed E-state index contributed by atoms with van der Waals surface area (Å²) >= 11 is 6.86. The first-order valence-corrected chi connectivity index (χ1v) is 8.12. The molecule has 2 aromatic carbocycles. The lowest BCUT2D eigenvalue weighted by atomic mass is 10.2. The zero-order valence-corrected chi connectivity index (χ0v) is 13.8. The smallest absolute Gasteiger partial charge is 0.335 e. The first kappa shape index (κ1) is 15.7. The number of imidazole rings is 2. The molecule has 0 saturated carbocycles. The van der Waals surface area contributed by atoms with Gasteiger partial charge in [0, 0.05) is 11.0 Å². The average Bonchev–Trinajstić information content (AvgIpc) is 3.09. The summed E-state index contributed by atoms with van der Waals surface area (Å²) in [4.78, 5) is 35.7. The zero-order valence-electron chi connectivity index (χ0n) is 12.2. The van der Waals surface area contributed by atoms with E-state index in [1.165, 1.54) is 24.3 Å². The molecule has 0 atom stereocenters. The Hall–Kier alpha value is -2.78. The van der Waals surface area contributed by atoms with Gasteiger partial charge in [-0.05, 0) is 30.0 Å². The van der Waals surface area contributed by atoms with Crippen LogP contribution >= 0.6 is 23.4 Å². The Morgan fingerprint density at radius 1 is 1.16 bits per heavy atom. The van der Waals surface area contributed by atoms with E-state index in [-0.39, 0.29) is 10.6 Å². The van der Waals surface area contributed by atoms with Crippen molar-refractivity contribution in [2.24, 2.45) is 0 Å². The monoisotopic (exact) mass is 378 g/mol. The van der Waals surface area contributed by atoms with Crippen molar-refractivity contribution in [3.63, 3.8) is 0 Å². The highest BCUT2D eigenvalue weighted by atomic mass is 35.5. The third kappa shape index (κ3) is 2.77. The Labute approximate surface area is 147 Å². The van der Waals surface area contributed by atoms with Crippen LogP contribution in [0.3, 0.4) is 0 Å². The number of aromatic nitrogens is 4. The lowest BCUT2D eigenvalue weighted by Gasteiger charge is -2.02. The molecule has 4 N–H and O–H groups in total. The summed E-state index contributed by atoms with van der Waals surface area (Å²) in [6.45, 7) is 0. The molecular weight excluding hydrogens is 371 g/mol. The van der Waals surface area contributed by atoms with E-state index in [2.05, 4.69) is 19.9 Å². The number of aromatic amines is 3. The van der Waals surface area contributed by atoms with Gasteiger partial charge in [-0.2, -0.15) is 0 Å². The number of hydrogen-bond acceptors (Lipinski definition) is 4. The van der Waals surface area contributed by atoms with Crippen molar-refractivity contribution in [3.8, 4) is 0 Å². The van der Waals surface area contributed by atoms with Crippen molar-refractivity contribution in [1.29, 1.82) is 0 Å². The summed E-state index contributed by atoms with van der Waals surface area (Å²) < 4.78 is 13.5. The van der Waals surface area contributed by atoms with Gasteiger partial charge in [-0.25, -0.2) is 19.0 Å². The predicted molar refractivity (Wildman–Crippen MR) is 91.1 cm³/mol. The van der Waals surface area contributed by atoms with Crippen molar-refractivity contribution in [2.45, 2.75) is 10.1 Å². The maximum Gasteiger partial charge on any atom is 0.335 e. The number of halogens is 2. The Kier molecular flexibility index (Phi) is 3.55. The van der Waals surface area contributed by atoms with Gasteiger partial charge < -0.3 is 20.1 Å². The summed E-state index contributed by atoms with van der Waals surface area (Å²) in [7, 11) is 0. The van der Waals surface area contributed by atoms with Crippen LogP contribution in [0, 0.1) is 5.82 Å². The van der Waals surface area contributed by atoms with Gasteiger partial charge >= 0.3 is 11.7 Å². The molecule has 4 aromatic rings. The van der Waals surface area contributed by atoms with Crippen LogP contribution in [-0.2, 0) is 0 Å². The number of rotatable bonds is 3. The van der Waals surface area contributed by atoms with Crippen molar-refractivity contribution in [3.05, 3.63) is 51.2 Å². The standard InChI is InChI=1S/C15H8ClFN4O3S/c16-6-3-8-9(4-7(6)17)20-15(19-8)25-11-2-5(13(22)23)1-10-12(11)21-14(24)18-10/h1-4H,(H,19,20)(H,22,23)(H2,18,21,24). The van der Waals surface area contributed by atoms with Crippen LogP contribution in [0.5, 0.6) is 0 Å². The number of aromatic carboxylic acids is 1. The number of nitrogens with one attached hydrogen (secondary N) is 3. The number of fused-ring (bicyclic) bond motifs is 2. The van der Waals surface area contributed by atoms with E-state index in [9.17, 15) is 19.1 Å². The maximum atomic E-state index is 13.5. The normalized spacial score (nSPS) is 11.4. The first-order chi connectivity index (χ1) is 11.9. The summed E-state index contributed by atoms with van der Waals surface area (Å²) in [5.74, 6) is -1.69. The molecule has 7 nitrogen and oxygen atoms in total. The molecular formula is C15H8ClFN4O3S. The topological polar surface area (TPSA) is 115 Å². The van der Waals surface area contributed by atoms with Crippen LogP contribution in [-0.4, -0.2) is 31.0 Å². The van der Waals surface area contributed by atoms with Gasteiger partial charge in [0.15, 0.2) is 5.16 Å². The number of nitrogens with zero attached hydrogens (tertiary/aromatic N) is 1. The number of benzene rings is 2. The molecule has 126 valence electrons. The fourth-order valence-corrected chi connectivity index (χ4v) is 3.57. The van der Waals surface area contributed by atoms with Gasteiger partial charge in [0.05, 0.1) is 32.7 Å². The van der Waals surface area contributed by atoms with Gasteiger partial charge in [-0.1, -0.05) is 11.6 Å². The van der Waals surface area contributed by atoms with Gasteiger partial charge in [0.1, 0.15) is 5.82 Å². The minimum absolute atomic E-state index is 0.0236. The van der Waals surface area contributed by atoms with Gasteiger partial charge in [0.2, 0.25) is 0 Å². The van der Waals surface area contributed by atoms with Crippen LogP contribution in [0.1, 0.15) is 10.4 Å². The summed E-state index contributed by atoms with van der Waals surface area (Å²) in [6, 6.07) is 5.43. The number of carboxylic acids is 1. The van der Waals surface area contributed by atoms with E-state index >= 15 is 0 Å². The molecule has 2 heterocycles. The number of hydrogen-bond donors (Lipinski definition) is 4. The van der Waals surface area contributed by atoms with E-state index in [4.69, 9.17) is 11.6 Å². The highest BCUT2D eigenvalue weighted by molar-refractivity contribution is 7.99. The van der Waals surface area contributed by atoms with Crippen molar-refractivity contribution in [2.75, 3.05) is 0 Å². The number of carbonyl (C=O) groups is 1. The Bertz CT molecular complexity index is 1170. The minimum Gasteiger partial charge on any atom is -0.478 e. The number of H-pyrrole nitrogens is 3. The molecule has 0 bridgehead atoms. The summed E-state index contributed by atoms with van der Waals surface area (Å²) in [5, 5.41) is 9.59. The largest absolute Gasteiger partial charge is 0.478 e. The third-order valence-electron chi connectivity index (χ3n) is 3.54. The number of carboxylic acid groups (broad SMARTS) is 1. The van der Waals surface area contributed by atoms with Gasteiger partial charge in [-0.3, -0.25) is 0 Å².